The molecule has 3 aromatic carbocycles. The number of phenolic OH excluding ortho intramolecular Hbond substituents is 1. The van der Waals surface area contributed by atoms with E-state index in [0.29, 0.717) is 28.8 Å². The van der Waals surface area contributed by atoms with Crippen LogP contribution in [0, 0.1) is 17.6 Å². The van der Waals surface area contributed by atoms with Crippen molar-refractivity contribution in [3.8, 4) is 45.7 Å². The smallest absolute Gasteiger partial charge is 0.192 e. The van der Waals surface area contributed by atoms with Crippen LogP contribution in [-0.4, -0.2) is 20.1 Å². The molecule has 31 heavy (non-hydrogen) atoms. The average Bonchev–Trinajstić information content (AvgIpc) is 2.73. The zero-order valence-corrected chi connectivity index (χ0v) is 24.5. The number of aromatic hydroxyl groups is 1. The summed E-state index contributed by atoms with van der Waals surface area (Å²) >= 11 is 8.66. The Morgan fingerprint density at radius 2 is 1.26 bits per heavy atom. The first kappa shape index (κ1) is 23.4. The maximum absolute atomic E-state index is 10.6. The van der Waals surface area contributed by atoms with Crippen LogP contribution in [0.25, 0.3) is 34.2 Å². The van der Waals surface area contributed by atoms with E-state index >= 15 is 0 Å². The third kappa shape index (κ3) is 5.24. The summed E-state index contributed by atoms with van der Waals surface area (Å²) in [5.41, 5.74) is 3.44. The third-order valence-electron chi connectivity index (χ3n) is 4.54. The van der Waals surface area contributed by atoms with Gasteiger partial charge in [0.05, 0.1) is 5.56 Å². The molecule has 1 N–H and O–H groups in total. The number of phenols is 1. The van der Waals surface area contributed by atoms with Crippen molar-refractivity contribution in [1.29, 1.82) is 0 Å². The van der Waals surface area contributed by atoms with E-state index in [1.54, 1.807) is 41.2 Å². The fourth-order valence-corrected chi connectivity index (χ4v) is 5.80. The molecule has 0 saturated heterocycles. The summed E-state index contributed by atoms with van der Waals surface area (Å²) in [6.07, 6.45) is 0. The van der Waals surface area contributed by atoms with E-state index in [9.17, 15) is 5.11 Å². The molecule has 0 atom stereocenters. The number of rotatable bonds is 4. The van der Waals surface area contributed by atoms with Crippen LogP contribution in [-0.2, 0) is 0 Å². The molecule has 0 unspecified atom stereocenters. The Morgan fingerprint density at radius 3 is 1.84 bits per heavy atom. The van der Waals surface area contributed by atoms with Gasteiger partial charge in [-0.3, -0.25) is 0 Å². The van der Waals surface area contributed by atoms with Gasteiger partial charge in [0.15, 0.2) is 40.5 Å². The summed E-state index contributed by atoms with van der Waals surface area (Å²) in [7, 11) is 0. The largest absolute Gasteiger partial charge is 0.507 e. The van der Waals surface area contributed by atoms with Crippen molar-refractivity contribution >= 4 is 90.8 Å². The summed E-state index contributed by atoms with van der Waals surface area (Å²) in [6.45, 7) is 2.04. The molecule has 0 radical (unpaired) electrons. The van der Waals surface area contributed by atoms with Crippen LogP contribution >= 0.6 is 90.8 Å². The lowest BCUT2D eigenvalue weighted by molar-refractivity contribution is 0.474. The number of hydrogen-bond acceptors (Lipinski definition) is 5. The van der Waals surface area contributed by atoms with Gasteiger partial charge in [-0.2, -0.15) is 0 Å². The number of aryl methyl sites for hydroxylation is 1. The van der Waals surface area contributed by atoms with Gasteiger partial charge in [0.1, 0.15) is 11.5 Å². The topological polar surface area (TPSA) is 68.1 Å². The zero-order chi connectivity index (χ0) is 22.1. The quantitative estimate of drug-likeness (QED) is 0.217. The van der Waals surface area contributed by atoms with E-state index in [2.05, 4.69) is 79.9 Å². The Kier molecular flexibility index (Phi) is 7.52. The molecule has 0 spiro atoms. The molecule has 0 aliphatic carbocycles. The van der Waals surface area contributed by atoms with E-state index in [-0.39, 0.29) is 5.75 Å². The SMILES string of the molecule is Cc1cc(I)ccc1-c1nc(-c2ccc(OI)cc2O)nc(-c2ccc(I)cc2I)n1. The first-order chi connectivity index (χ1) is 14.9. The van der Waals surface area contributed by atoms with Crippen LogP contribution in [0.1, 0.15) is 5.56 Å². The Hall–Kier alpha value is -0.810. The molecule has 0 aliphatic rings. The van der Waals surface area contributed by atoms with Crippen molar-refractivity contribution in [2.24, 2.45) is 0 Å². The molecule has 0 saturated carbocycles. The van der Waals surface area contributed by atoms with Gasteiger partial charge in [-0.1, -0.05) is 0 Å². The molecule has 0 aliphatic heterocycles. The Labute approximate surface area is 234 Å². The average molecular weight is 859 g/mol. The van der Waals surface area contributed by atoms with E-state index in [4.69, 9.17) is 18.0 Å². The minimum Gasteiger partial charge on any atom is -0.507 e. The van der Waals surface area contributed by atoms with Crippen molar-refractivity contribution in [3.05, 3.63) is 70.9 Å². The molecule has 5 nitrogen and oxygen atoms in total. The van der Waals surface area contributed by atoms with Gasteiger partial charge in [-0.05, 0) is 129 Å². The molecule has 1 heterocycles. The van der Waals surface area contributed by atoms with Crippen molar-refractivity contribution < 1.29 is 8.17 Å². The van der Waals surface area contributed by atoms with Gasteiger partial charge in [0.25, 0.3) is 0 Å². The highest BCUT2D eigenvalue weighted by molar-refractivity contribution is 14.1. The highest BCUT2D eigenvalue weighted by Gasteiger charge is 2.17. The van der Waals surface area contributed by atoms with Crippen molar-refractivity contribution in [3.63, 3.8) is 0 Å². The fourth-order valence-electron chi connectivity index (χ4n) is 3.03. The molecular weight excluding hydrogens is 846 g/mol. The van der Waals surface area contributed by atoms with Crippen LogP contribution < -0.4 is 3.07 Å². The van der Waals surface area contributed by atoms with Gasteiger partial charge in [-0.15, -0.1) is 0 Å². The van der Waals surface area contributed by atoms with Crippen LogP contribution in [0.2, 0.25) is 0 Å². The summed E-state index contributed by atoms with van der Waals surface area (Å²) < 4.78 is 8.51. The minimum atomic E-state index is 0.0499. The van der Waals surface area contributed by atoms with Crippen LogP contribution in [0.15, 0.2) is 54.6 Å². The van der Waals surface area contributed by atoms with E-state index in [0.717, 1.165) is 27.4 Å². The number of benzene rings is 3. The van der Waals surface area contributed by atoms with Crippen LogP contribution in [0.4, 0.5) is 0 Å². The lowest BCUT2D eigenvalue weighted by Gasteiger charge is -2.12. The Morgan fingerprint density at radius 1 is 0.710 bits per heavy atom. The summed E-state index contributed by atoms with van der Waals surface area (Å²) in [6, 6.07) is 17.4. The van der Waals surface area contributed by atoms with Crippen LogP contribution in [0.3, 0.4) is 0 Å². The van der Waals surface area contributed by atoms with Gasteiger partial charge < -0.3 is 8.17 Å². The minimum absolute atomic E-state index is 0.0499. The molecule has 0 fully saturated rings. The van der Waals surface area contributed by atoms with Crippen molar-refractivity contribution in [2.45, 2.75) is 6.92 Å². The predicted octanol–water partition coefficient (Wildman–Crippen LogP) is 7.43. The highest BCUT2D eigenvalue weighted by atomic mass is 127. The molecular formula is C22H13I4N3O2. The maximum atomic E-state index is 10.6. The molecule has 0 amide bonds. The molecule has 9 heteroatoms. The summed E-state index contributed by atoms with van der Waals surface area (Å²) in [5.74, 6) is 2.14. The molecule has 0 bridgehead atoms. The van der Waals surface area contributed by atoms with Crippen molar-refractivity contribution in [1.82, 2.24) is 15.0 Å². The molecule has 156 valence electrons. The second-order valence-electron chi connectivity index (χ2n) is 6.65. The molecule has 4 rings (SSSR count). The standard InChI is InChI=1S/C22H13I4N3O2/c1-11-8-12(23)2-5-15(11)20-27-21(16-6-3-13(24)9-18(16)25)29-22(28-20)17-7-4-14(31-26)10-19(17)30/h2-10,30H,1H3. The maximum Gasteiger partial charge on any atom is 0.192 e. The first-order valence-electron chi connectivity index (χ1n) is 8.95. The highest BCUT2D eigenvalue weighted by Crippen LogP contribution is 2.34. The zero-order valence-electron chi connectivity index (χ0n) is 15.9. The van der Waals surface area contributed by atoms with Gasteiger partial charge in [0.2, 0.25) is 0 Å². The molecule has 4 aromatic rings. The van der Waals surface area contributed by atoms with Crippen LogP contribution in [0.5, 0.6) is 11.5 Å². The fraction of sp³-hybridized carbons (Fsp3) is 0.0455. The monoisotopic (exact) mass is 859 g/mol. The van der Waals surface area contributed by atoms with Gasteiger partial charge in [0, 0.05) is 27.9 Å². The molecule has 1 aromatic heterocycles. The number of halogens is 4. The second-order valence-corrected chi connectivity index (χ2v) is 10.7. The van der Waals surface area contributed by atoms with Crippen molar-refractivity contribution in [2.75, 3.05) is 0 Å². The number of aromatic nitrogens is 3. The predicted molar refractivity (Wildman–Crippen MR) is 155 cm³/mol. The Balaban J connectivity index is 1.96. The van der Waals surface area contributed by atoms with E-state index in [1.165, 1.54) is 0 Å². The first-order valence-corrected chi connectivity index (χ1v) is 13.1. The van der Waals surface area contributed by atoms with E-state index in [1.807, 2.05) is 31.2 Å². The normalized spacial score (nSPS) is 10.9. The van der Waals surface area contributed by atoms with Gasteiger partial charge >= 0.3 is 0 Å². The van der Waals surface area contributed by atoms with E-state index < -0.39 is 0 Å². The lowest BCUT2D eigenvalue weighted by atomic mass is 10.1. The lowest BCUT2D eigenvalue weighted by Crippen LogP contribution is -2.02. The summed E-state index contributed by atoms with van der Waals surface area (Å²) in [4.78, 5) is 14.2. The summed E-state index contributed by atoms with van der Waals surface area (Å²) in [5, 5.41) is 10.6. The Bertz CT molecular complexity index is 1230. The van der Waals surface area contributed by atoms with Gasteiger partial charge in [-0.25, -0.2) is 15.0 Å². The third-order valence-corrected chi connectivity index (χ3v) is 7.28. The second kappa shape index (κ2) is 9.99. The number of hydrogen-bond donors (Lipinski definition) is 1. The number of nitrogens with zero attached hydrogens (tertiary/aromatic N) is 3.